The Morgan fingerprint density at radius 1 is 1.05 bits per heavy atom. The molecule has 1 heterocycles. The third kappa shape index (κ3) is 2.19. The number of hydrogen-bond donors (Lipinski definition) is 4. The van der Waals surface area contributed by atoms with Gasteiger partial charge in [-0.2, -0.15) is 0 Å². The Balaban J connectivity index is 2.10. The summed E-state index contributed by atoms with van der Waals surface area (Å²) in [7, 11) is 1.46. The first-order valence-electron chi connectivity index (χ1n) is 6.50. The van der Waals surface area contributed by atoms with E-state index >= 15 is 0 Å². The van der Waals surface area contributed by atoms with Crippen LogP contribution in [0.1, 0.15) is 17.2 Å². The maximum atomic E-state index is 10.5. The third-order valence-electron chi connectivity index (χ3n) is 3.50. The molecule has 1 aliphatic rings. The van der Waals surface area contributed by atoms with Crippen LogP contribution in [0.4, 0.5) is 0 Å². The molecule has 1 unspecified atom stereocenters. The van der Waals surface area contributed by atoms with E-state index in [0.717, 1.165) is 0 Å². The molecule has 1 atom stereocenters. The summed E-state index contributed by atoms with van der Waals surface area (Å²) in [6.07, 6.45) is -1.20. The molecule has 3 rings (SSSR count). The predicted molar refractivity (Wildman–Crippen MR) is 77.9 cm³/mol. The Bertz CT molecular complexity index is 765. The topological polar surface area (TPSA) is 99.4 Å². The summed E-state index contributed by atoms with van der Waals surface area (Å²) in [4.78, 5) is 0. The van der Waals surface area contributed by atoms with Crippen molar-refractivity contribution >= 4 is 5.57 Å². The Morgan fingerprint density at radius 3 is 2.50 bits per heavy atom. The maximum Gasteiger partial charge on any atom is 0.289 e. The van der Waals surface area contributed by atoms with Gasteiger partial charge < -0.3 is 29.9 Å². The van der Waals surface area contributed by atoms with E-state index in [0.29, 0.717) is 11.3 Å². The first-order chi connectivity index (χ1) is 10.5. The van der Waals surface area contributed by atoms with E-state index in [1.165, 1.54) is 37.4 Å². The van der Waals surface area contributed by atoms with E-state index < -0.39 is 12.0 Å². The highest BCUT2D eigenvalue weighted by Crippen LogP contribution is 2.45. The van der Waals surface area contributed by atoms with Crippen LogP contribution in [-0.4, -0.2) is 27.5 Å². The smallest absolute Gasteiger partial charge is 0.289 e. The summed E-state index contributed by atoms with van der Waals surface area (Å²) in [6.45, 7) is 0. The van der Waals surface area contributed by atoms with E-state index in [1.54, 1.807) is 6.07 Å². The SMILES string of the molecule is COc1ccc(C2=C(O)Oc3cc(O)ccc3C2O)c(O)c1. The third-order valence-corrected chi connectivity index (χ3v) is 3.50. The van der Waals surface area contributed by atoms with Crippen LogP contribution in [0, 0.1) is 0 Å². The molecule has 2 aromatic rings. The lowest BCUT2D eigenvalue weighted by molar-refractivity contribution is 0.163. The van der Waals surface area contributed by atoms with Gasteiger partial charge in [-0.15, -0.1) is 0 Å². The van der Waals surface area contributed by atoms with Crippen molar-refractivity contribution in [1.29, 1.82) is 0 Å². The lowest BCUT2D eigenvalue weighted by Crippen LogP contribution is -2.14. The monoisotopic (exact) mass is 302 g/mol. The minimum absolute atomic E-state index is 0.0401. The lowest BCUT2D eigenvalue weighted by Gasteiger charge is -2.25. The van der Waals surface area contributed by atoms with Gasteiger partial charge in [0.15, 0.2) is 0 Å². The highest BCUT2D eigenvalue weighted by molar-refractivity contribution is 5.78. The van der Waals surface area contributed by atoms with Crippen molar-refractivity contribution in [2.75, 3.05) is 7.11 Å². The van der Waals surface area contributed by atoms with Crippen LogP contribution in [-0.2, 0) is 0 Å². The number of aliphatic hydroxyl groups is 2. The molecule has 4 N–H and O–H groups in total. The zero-order valence-corrected chi connectivity index (χ0v) is 11.6. The summed E-state index contributed by atoms with van der Waals surface area (Å²) in [5, 5.41) is 40.0. The van der Waals surface area contributed by atoms with E-state index in [4.69, 9.17) is 9.47 Å². The summed E-state index contributed by atoms with van der Waals surface area (Å²) in [6, 6.07) is 8.65. The van der Waals surface area contributed by atoms with Crippen LogP contribution in [0.3, 0.4) is 0 Å². The zero-order chi connectivity index (χ0) is 15.9. The number of methoxy groups -OCH3 is 1. The van der Waals surface area contributed by atoms with Crippen LogP contribution >= 0.6 is 0 Å². The summed E-state index contributed by atoms with van der Waals surface area (Å²) >= 11 is 0. The van der Waals surface area contributed by atoms with Gasteiger partial charge in [-0.1, -0.05) is 0 Å². The van der Waals surface area contributed by atoms with Gasteiger partial charge in [0.1, 0.15) is 29.1 Å². The van der Waals surface area contributed by atoms with Crippen molar-refractivity contribution in [3.05, 3.63) is 53.5 Å². The van der Waals surface area contributed by atoms with Gasteiger partial charge in [-0.25, -0.2) is 0 Å². The molecule has 0 amide bonds. The molecular formula is C16H14O6. The van der Waals surface area contributed by atoms with Gasteiger partial charge in [0.25, 0.3) is 5.95 Å². The van der Waals surface area contributed by atoms with Crippen LogP contribution < -0.4 is 9.47 Å². The second kappa shape index (κ2) is 5.16. The number of ether oxygens (including phenoxy) is 2. The van der Waals surface area contributed by atoms with Gasteiger partial charge in [0.05, 0.1) is 12.7 Å². The number of rotatable bonds is 2. The predicted octanol–water partition coefficient (Wildman–Crippen LogP) is 2.46. The minimum atomic E-state index is -1.20. The molecule has 22 heavy (non-hydrogen) atoms. The molecule has 2 aromatic carbocycles. The molecular weight excluding hydrogens is 288 g/mol. The molecule has 0 spiro atoms. The van der Waals surface area contributed by atoms with Crippen LogP contribution in [0.2, 0.25) is 0 Å². The quantitative estimate of drug-likeness (QED) is 0.680. The largest absolute Gasteiger partial charge is 0.508 e. The molecule has 114 valence electrons. The Hall–Kier alpha value is -2.86. The van der Waals surface area contributed by atoms with E-state index in [2.05, 4.69) is 0 Å². The Kier molecular flexibility index (Phi) is 3.30. The summed E-state index contributed by atoms with van der Waals surface area (Å²) in [5.74, 6) is -0.147. The average molecular weight is 302 g/mol. The van der Waals surface area contributed by atoms with Gasteiger partial charge in [0, 0.05) is 23.3 Å². The molecule has 0 aliphatic carbocycles. The molecule has 0 aromatic heterocycles. The zero-order valence-electron chi connectivity index (χ0n) is 11.6. The first kappa shape index (κ1) is 14.1. The van der Waals surface area contributed by atoms with Gasteiger partial charge in [-0.3, -0.25) is 0 Å². The molecule has 0 bridgehead atoms. The molecule has 0 saturated carbocycles. The number of hydrogen-bond acceptors (Lipinski definition) is 6. The van der Waals surface area contributed by atoms with Crippen molar-refractivity contribution in [3.8, 4) is 23.0 Å². The Labute approximate surface area is 126 Å². The number of aromatic hydroxyl groups is 2. The van der Waals surface area contributed by atoms with Gasteiger partial charge in [-0.05, 0) is 24.3 Å². The van der Waals surface area contributed by atoms with Crippen LogP contribution in [0.5, 0.6) is 23.0 Å². The Morgan fingerprint density at radius 2 is 1.82 bits per heavy atom. The second-order valence-corrected chi connectivity index (χ2v) is 4.83. The van der Waals surface area contributed by atoms with Gasteiger partial charge in [0.2, 0.25) is 0 Å². The molecule has 6 heteroatoms. The standard InChI is InChI=1S/C16H14O6/c1-21-9-3-5-10(12(18)7-9)14-15(19)11-4-2-8(17)6-13(11)22-16(14)20/h2-7,15,17-20H,1H3. The number of aliphatic hydroxyl groups excluding tert-OH is 2. The molecule has 6 nitrogen and oxygen atoms in total. The fourth-order valence-corrected chi connectivity index (χ4v) is 2.40. The fraction of sp³-hybridized carbons (Fsp3) is 0.125. The van der Waals surface area contributed by atoms with Gasteiger partial charge >= 0.3 is 0 Å². The second-order valence-electron chi connectivity index (χ2n) is 4.83. The van der Waals surface area contributed by atoms with Crippen LogP contribution in [0.25, 0.3) is 5.57 Å². The number of phenols is 2. The van der Waals surface area contributed by atoms with Crippen molar-refractivity contribution < 1.29 is 29.9 Å². The van der Waals surface area contributed by atoms with E-state index in [9.17, 15) is 20.4 Å². The summed E-state index contributed by atoms with van der Waals surface area (Å²) in [5.41, 5.74) is 0.642. The van der Waals surface area contributed by atoms with E-state index in [1.807, 2.05) is 0 Å². The van der Waals surface area contributed by atoms with Crippen molar-refractivity contribution in [3.63, 3.8) is 0 Å². The number of phenolic OH excluding ortho intramolecular Hbond substituents is 2. The summed E-state index contributed by atoms with van der Waals surface area (Å²) < 4.78 is 10.2. The molecule has 0 fully saturated rings. The fourth-order valence-electron chi connectivity index (χ4n) is 2.40. The minimum Gasteiger partial charge on any atom is -0.508 e. The number of benzene rings is 2. The normalized spacial score (nSPS) is 16.9. The van der Waals surface area contributed by atoms with Crippen molar-refractivity contribution in [2.45, 2.75) is 6.10 Å². The van der Waals surface area contributed by atoms with E-state index in [-0.39, 0.29) is 28.4 Å². The highest BCUT2D eigenvalue weighted by Gasteiger charge is 2.31. The molecule has 0 radical (unpaired) electrons. The average Bonchev–Trinajstić information content (AvgIpc) is 2.48. The van der Waals surface area contributed by atoms with Crippen LogP contribution in [0.15, 0.2) is 42.3 Å². The van der Waals surface area contributed by atoms with Crippen molar-refractivity contribution in [1.82, 2.24) is 0 Å². The lowest BCUT2D eigenvalue weighted by atomic mass is 9.93. The van der Waals surface area contributed by atoms with Crippen molar-refractivity contribution in [2.24, 2.45) is 0 Å². The number of fused-ring (bicyclic) bond motifs is 1. The molecule has 1 aliphatic heterocycles. The first-order valence-corrected chi connectivity index (χ1v) is 6.50. The molecule has 0 saturated heterocycles. The maximum absolute atomic E-state index is 10.5. The highest BCUT2D eigenvalue weighted by atomic mass is 16.6.